The van der Waals surface area contributed by atoms with Gasteiger partial charge in [-0.05, 0) is 6.92 Å². The first kappa shape index (κ1) is 9.07. The zero-order valence-corrected chi connectivity index (χ0v) is 2.60. The Hall–Kier alpha value is 0.452. The van der Waals surface area contributed by atoms with Crippen LogP contribution in [0, 0.1) is 0 Å². The predicted octanol–water partition coefficient (Wildman–Crippen LogP) is -1.90. The topological polar surface area (TPSA) is 46.2 Å². The average molecular weight is 91.1 g/mol. The van der Waals surface area contributed by atoms with Gasteiger partial charge in [0, 0.05) is 0 Å². The van der Waals surface area contributed by atoms with Crippen molar-refractivity contribution in [2.45, 2.75) is 13.2 Å². The lowest BCUT2D eigenvalue weighted by Gasteiger charge is -1.82. The molecule has 0 aliphatic carbocycles. The van der Waals surface area contributed by atoms with Crippen LogP contribution in [-0.4, -0.2) is 28.7 Å². The molecule has 1 atom stereocenters. The van der Waals surface area contributed by atoms with Crippen LogP contribution < -0.4 is 5.73 Å². The first-order valence-electron chi connectivity index (χ1n) is 1.17. The van der Waals surface area contributed by atoms with Crippen molar-refractivity contribution >= 4 is 17.4 Å². The summed E-state index contributed by atoms with van der Waals surface area (Å²) >= 11 is 0. The molecule has 0 aromatic heterocycles. The number of nitrogens with two attached hydrogens (primary N) is 1. The van der Waals surface area contributed by atoms with E-state index in [1.165, 1.54) is 6.92 Å². The van der Waals surface area contributed by atoms with Gasteiger partial charge in [-0.1, -0.05) is 0 Å². The van der Waals surface area contributed by atoms with E-state index in [1.807, 2.05) is 0 Å². The molecule has 1 unspecified atom stereocenters. The third-order valence-corrected chi connectivity index (χ3v) is 0. The Bertz CT molecular complexity index is 14.4. The predicted molar refractivity (Wildman–Crippen MR) is 25.8 cm³/mol. The Morgan fingerprint density at radius 1 is 1.80 bits per heavy atom. The average Bonchev–Trinajstić information content (AvgIpc) is 0.811. The van der Waals surface area contributed by atoms with Gasteiger partial charge in [0.25, 0.3) is 0 Å². The minimum atomic E-state index is -0.667. The second-order valence-corrected chi connectivity index (χ2v) is 0.741. The fraction of sp³-hybridized carbons (Fsp3) is 1.00. The summed E-state index contributed by atoms with van der Waals surface area (Å²) in [6.45, 7) is 1.50. The molecule has 0 radical (unpaired) electrons. The minimum Gasteiger partial charge on any atom is -0.379 e. The van der Waals surface area contributed by atoms with E-state index in [-0.39, 0.29) is 17.4 Å². The van der Waals surface area contributed by atoms with Gasteiger partial charge < -0.3 is 10.8 Å². The highest BCUT2D eigenvalue weighted by atomic mass is 27.0. The van der Waals surface area contributed by atoms with Gasteiger partial charge in [0.15, 0.2) is 17.4 Å². The summed E-state index contributed by atoms with van der Waals surface area (Å²) in [5.41, 5.74) is 4.67. The summed E-state index contributed by atoms with van der Waals surface area (Å²) in [5.74, 6) is 0. The van der Waals surface area contributed by atoms with Gasteiger partial charge in [0.2, 0.25) is 0 Å². The first-order chi connectivity index (χ1) is 1.73. The molecule has 0 fully saturated rings. The Balaban J connectivity index is 0. The Labute approximate surface area is 42.1 Å². The number of hydrogen-bond acceptors (Lipinski definition) is 2. The highest BCUT2D eigenvalue weighted by molar-refractivity contribution is 5.75. The summed E-state index contributed by atoms with van der Waals surface area (Å²) < 4.78 is 0. The van der Waals surface area contributed by atoms with Crippen molar-refractivity contribution in [1.29, 1.82) is 0 Å². The minimum absolute atomic E-state index is 0. The maximum Gasteiger partial charge on any atom is 0.187 e. The molecule has 32 valence electrons. The molecule has 0 bridgehead atoms. The molecule has 3 heteroatoms. The van der Waals surface area contributed by atoms with Gasteiger partial charge in [-0.3, -0.25) is 0 Å². The number of aliphatic hydroxyl groups excluding tert-OH is 1. The standard InChI is InChI=1S/C2H7NO.Al.3H/c1-2(3)4;;;;/h2,4H,3H2,1H3;;;;. The highest BCUT2D eigenvalue weighted by Gasteiger charge is 1.68. The van der Waals surface area contributed by atoms with Crippen LogP contribution in [0.5, 0.6) is 0 Å². The third kappa shape index (κ3) is 131. The van der Waals surface area contributed by atoms with Crippen LogP contribution >= 0.6 is 0 Å². The van der Waals surface area contributed by atoms with E-state index in [9.17, 15) is 0 Å². The van der Waals surface area contributed by atoms with Crippen LogP contribution in [0.1, 0.15) is 6.92 Å². The number of aliphatic hydroxyl groups is 1. The quantitative estimate of drug-likeness (QED) is 0.270. The van der Waals surface area contributed by atoms with Crippen LogP contribution in [0.15, 0.2) is 0 Å². The SMILES string of the molecule is CC(N)O.[AlH3]. The molecule has 0 rings (SSSR count). The highest BCUT2D eigenvalue weighted by Crippen LogP contribution is 1.50. The molecule has 0 saturated heterocycles. The zero-order valence-electron chi connectivity index (χ0n) is 2.60. The third-order valence-electron chi connectivity index (χ3n) is 0. The molecule has 0 aliphatic rings. The second-order valence-electron chi connectivity index (χ2n) is 0.741. The normalized spacial score (nSPS) is 12.6. The van der Waals surface area contributed by atoms with E-state index in [0.29, 0.717) is 0 Å². The van der Waals surface area contributed by atoms with Crippen molar-refractivity contribution in [3.63, 3.8) is 0 Å². The molecule has 3 N–H and O–H groups in total. The smallest absolute Gasteiger partial charge is 0.187 e. The summed E-state index contributed by atoms with van der Waals surface area (Å²) in [6, 6.07) is 0. The fourth-order valence-corrected chi connectivity index (χ4v) is 0. The van der Waals surface area contributed by atoms with Gasteiger partial charge in [0.05, 0.1) is 6.23 Å². The molecule has 0 spiro atoms. The molecule has 0 amide bonds. The monoisotopic (exact) mass is 91.1 g/mol. The molecule has 0 aromatic carbocycles. The van der Waals surface area contributed by atoms with Crippen LogP contribution in [0.3, 0.4) is 0 Å². The largest absolute Gasteiger partial charge is 0.379 e. The Morgan fingerprint density at radius 3 is 1.80 bits per heavy atom. The molecule has 2 nitrogen and oxygen atoms in total. The van der Waals surface area contributed by atoms with Gasteiger partial charge in [-0.25, -0.2) is 0 Å². The molecule has 0 heterocycles. The van der Waals surface area contributed by atoms with E-state index < -0.39 is 6.23 Å². The van der Waals surface area contributed by atoms with Crippen molar-refractivity contribution in [2.24, 2.45) is 5.73 Å². The summed E-state index contributed by atoms with van der Waals surface area (Å²) in [4.78, 5) is 0. The lowest BCUT2D eigenvalue weighted by molar-refractivity contribution is 0.203. The van der Waals surface area contributed by atoms with E-state index >= 15 is 0 Å². The van der Waals surface area contributed by atoms with Crippen molar-refractivity contribution < 1.29 is 5.11 Å². The molecule has 0 saturated carbocycles. The zero-order chi connectivity index (χ0) is 3.58. The van der Waals surface area contributed by atoms with Gasteiger partial charge in [-0.15, -0.1) is 0 Å². The maximum atomic E-state index is 7.83. The fourth-order valence-electron chi connectivity index (χ4n) is 0. The van der Waals surface area contributed by atoms with Crippen LogP contribution in [0.4, 0.5) is 0 Å². The molecule has 0 aromatic rings. The van der Waals surface area contributed by atoms with E-state index in [1.54, 1.807) is 0 Å². The van der Waals surface area contributed by atoms with Crippen LogP contribution in [0.2, 0.25) is 0 Å². The van der Waals surface area contributed by atoms with Crippen molar-refractivity contribution in [3.05, 3.63) is 0 Å². The summed E-state index contributed by atoms with van der Waals surface area (Å²) in [7, 11) is 0. The van der Waals surface area contributed by atoms with Gasteiger partial charge in [-0.2, -0.15) is 0 Å². The van der Waals surface area contributed by atoms with Gasteiger partial charge in [0.1, 0.15) is 0 Å². The molecule has 5 heavy (non-hydrogen) atoms. The molecular weight excluding hydrogens is 81.0 g/mol. The second kappa shape index (κ2) is 4.45. The van der Waals surface area contributed by atoms with E-state index in [2.05, 4.69) is 5.73 Å². The summed E-state index contributed by atoms with van der Waals surface area (Å²) in [6.07, 6.45) is -0.667. The Morgan fingerprint density at radius 2 is 1.80 bits per heavy atom. The van der Waals surface area contributed by atoms with Crippen molar-refractivity contribution in [2.75, 3.05) is 0 Å². The summed E-state index contributed by atoms with van der Waals surface area (Å²) in [5, 5.41) is 7.83. The number of hydrogen-bond donors (Lipinski definition) is 2. The van der Waals surface area contributed by atoms with Gasteiger partial charge >= 0.3 is 0 Å². The maximum absolute atomic E-state index is 7.83. The lowest BCUT2D eigenvalue weighted by atomic mass is 10.7. The Kier molecular flexibility index (Phi) is 8.08. The van der Waals surface area contributed by atoms with Crippen molar-refractivity contribution in [1.82, 2.24) is 0 Å². The lowest BCUT2D eigenvalue weighted by Crippen LogP contribution is -2.11. The van der Waals surface area contributed by atoms with E-state index in [0.717, 1.165) is 0 Å². The van der Waals surface area contributed by atoms with Crippen LogP contribution in [0.25, 0.3) is 0 Å². The van der Waals surface area contributed by atoms with Crippen LogP contribution in [-0.2, 0) is 0 Å². The van der Waals surface area contributed by atoms with Crippen molar-refractivity contribution in [3.8, 4) is 0 Å². The van der Waals surface area contributed by atoms with E-state index in [4.69, 9.17) is 5.11 Å². The molecular formula is C2H10AlNO. The number of rotatable bonds is 0. The molecule has 0 aliphatic heterocycles. The first-order valence-corrected chi connectivity index (χ1v) is 1.17.